The minimum Gasteiger partial charge on any atom is -0.435 e. The van der Waals surface area contributed by atoms with Crippen molar-refractivity contribution in [2.75, 3.05) is 13.1 Å². The molecule has 0 aliphatic rings. The highest BCUT2D eigenvalue weighted by atomic mass is 19.3. The van der Waals surface area contributed by atoms with Gasteiger partial charge in [-0.15, -0.1) is 0 Å². The molecule has 0 aliphatic carbocycles. The lowest BCUT2D eigenvalue weighted by molar-refractivity contribution is -0.120. The number of hydrogen-bond donors (Lipinski definition) is 2. The van der Waals surface area contributed by atoms with E-state index in [1.165, 1.54) is 12.1 Å². The number of carbonyl (C=O) groups is 1. The van der Waals surface area contributed by atoms with Crippen LogP contribution in [0.1, 0.15) is 25.5 Å². The van der Waals surface area contributed by atoms with Gasteiger partial charge in [-0.25, -0.2) is 0 Å². The Hall–Kier alpha value is -1.69. The summed E-state index contributed by atoms with van der Waals surface area (Å²) in [4.78, 5) is 11.5. The normalized spacial score (nSPS) is 12.3. The molecule has 1 aromatic carbocycles. The maximum Gasteiger partial charge on any atom is 0.387 e. The summed E-state index contributed by atoms with van der Waals surface area (Å²) >= 11 is 0. The van der Waals surface area contributed by atoms with E-state index in [9.17, 15) is 13.6 Å². The summed E-state index contributed by atoms with van der Waals surface area (Å²) in [6.45, 7) is 1.77. The van der Waals surface area contributed by atoms with Crippen LogP contribution in [0.3, 0.4) is 0 Å². The van der Waals surface area contributed by atoms with Gasteiger partial charge in [0.25, 0.3) is 0 Å². The van der Waals surface area contributed by atoms with Crippen LogP contribution in [0.25, 0.3) is 0 Å². The molecule has 2 N–H and O–H groups in total. The first-order chi connectivity index (χ1) is 9.02. The zero-order valence-corrected chi connectivity index (χ0v) is 11.0. The second-order valence-corrected chi connectivity index (χ2v) is 4.02. The molecule has 0 spiro atoms. The minimum absolute atomic E-state index is 0.0836. The molecule has 1 aromatic rings. The third-order valence-corrected chi connectivity index (χ3v) is 2.50. The number of alkyl halides is 2. The van der Waals surface area contributed by atoms with Crippen molar-refractivity contribution >= 4 is 5.91 Å². The van der Waals surface area contributed by atoms with Gasteiger partial charge in [0.2, 0.25) is 5.91 Å². The Morgan fingerprint density at radius 1 is 1.42 bits per heavy atom. The summed E-state index contributed by atoms with van der Waals surface area (Å²) in [6, 6.07) is 6.02. The Morgan fingerprint density at radius 2 is 2.16 bits per heavy atom. The van der Waals surface area contributed by atoms with E-state index < -0.39 is 6.61 Å². The fourth-order valence-electron chi connectivity index (χ4n) is 1.57. The fraction of sp³-hybridized carbons (Fsp3) is 0.462. The van der Waals surface area contributed by atoms with E-state index in [1.807, 2.05) is 6.92 Å². The molecule has 106 valence electrons. The third-order valence-electron chi connectivity index (χ3n) is 2.50. The zero-order chi connectivity index (χ0) is 14.3. The van der Waals surface area contributed by atoms with Gasteiger partial charge in [0.15, 0.2) is 0 Å². The summed E-state index contributed by atoms with van der Waals surface area (Å²) < 4.78 is 28.5. The molecule has 0 radical (unpaired) electrons. The standard InChI is InChI=1S/C13H18F2N2O2/c1-3-16-8-12(18)17-9(2)10-5-4-6-11(7-10)19-13(14)15/h4-7,9,13,16H,3,8H2,1-2H3,(H,17,18). The molecule has 1 unspecified atom stereocenters. The molecule has 0 fully saturated rings. The second-order valence-electron chi connectivity index (χ2n) is 4.02. The Balaban J connectivity index is 2.61. The molecule has 0 aromatic heterocycles. The number of amides is 1. The van der Waals surface area contributed by atoms with Crippen molar-refractivity contribution < 1.29 is 18.3 Å². The van der Waals surface area contributed by atoms with Gasteiger partial charge >= 0.3 is 6.61 Å². The van der Waals surface area contributed by atoms with Crippen LogP contribution in [-0.4, -0.2) is 25.6 Å². The molecule has 1 rings (SSSR count). The Morgan fingerprint density at radius 3 is 2.79 bits per heavy atom. The van der Waals surface area contributed by atoms with Crippen molar-refractivity contribution in [3.8, 4) is 5.75 Å². The quantitative estimate of drug-likeness (QED) is 0.799. The predicted molar refractivity (Wildman–Crippen MR) is 68.2 cm³/mol. The SMILES string of the molecule is CCNCC(=O)NC(C)c1cccc(OC(F)F)c1. The zero-order valence-electron chi connectivity index (χ0n) is 11.0. The van der Waals surface area contributed by atoms with Gasteiger partial charge in [0.1, 0.15) is 5.75 Å². The first-order valence-electron chi connectivity index (χ1n) is 6.07. The van der Waals surface area contributed by atoms with Crippen LogP contribution in [0.4, 0.5) is 8.78 Å². The van der Waals surface area contributed by atoms with Gasteiger partial charge in [0.05, 0.1) is 12.6 Å². The highest BCUT2D eigenvalue weighted by molar-refractivity contribution is 5.78. The molecule has 0 saturated carbocycles. The van der Waals surface area contributed by atoms with Crippen molar-refractivity contribution in [1.29, 1.82) is 0 Å². The van der Waals surface area contributed by atoms with Crippen LogP contribution in [0, 0.1) is 0 Å². The summed E-state index contributed by atoms with van der Waals surface area (Å²) in [5.41, 5.74) is 0.711. The van der Waals surface area contributed by atoms with Crippen molar-refractivity contribution in [3.05, 3.63) is 29.8 Å². The lowest BCUT2D eigenvalue weighted by Gasteiger charge is -2.15. The third kappa shape index (κ3) is 5.65. The van der Waals surface area contributed by atoms with E-state index in [2.05, 4.69) is 15.4 Å². The summed E-state index contributed by atoms with van der Waals surface area (Å²) in [7, 11) is 0. The van der Waals surface area contributed by atoms with Gasteiger partial charge in [0, 0.05) is 0 Å². The van der Waals surface area contributed by atoms with E-state index in [4.69, 9.17) is 0 Å². The van der Waals surface area contributed by atoms with Gasteiger partial charge in [-0.05, 0) is 31.2 Å². The molecule has 19 heavy (non-hydrogen) atoms. The highest BCUT2D eigenvalue weighted by Gasteiger charge is 2.11. The summed E-state index contributed by atoms with van der Waals surface area (Å²) in [5.74, 6) is -0.0604. The van der Waals surface area contributed by atoms with Crippen LogP contribution in [0.2, 0.25) is 0 Å². The number of carbonyl (C=O) groups excluding carboxylic acids is 1. The van der Waals surface area contributed by atoms with E-state index >= 15 is 0 Å². The molecule has 1 atom stereocenters. The molecule has 0 saturated heterocycles. The van der Waals surface area contributed by atoms with E-state index in [1.54, 1.807) is 19.1 Å². The summed E-state index contributed by atoms with van der Waals surface area (Å²) in [5, 5.41) is 5.67. The molecular weight excluding hydrogens is 254 g/mol. The van der Waals surface area contributed by atoms with Gasteiger partial charge in [-0.2, -0.15) is 8.78 Å². The average molecular weight is 272 g/mol. The van der Waals surface area contributed by atoms with Gasteiger partial charge in [-0.3, -0.25) is 4.79 Å². The van der Waals surface area contributed by atoms with Crippen molar-refractivity contribution in [2.45, 2.75) is 26.5 Å². The fourth-order valence-corrected chi connectivity index (χ4v) is 1.57. The van der Waals surface area contributed by atoms with Crippen molar-refractivity contribution in [1.82, 2.24) is 10.6 Å². The number of benzene rings is 1. The lowest BCUT2D eigenvalue weighted by atomic mass is 10.1. The molecule has 0 aliphatic heterocycles. The predicted octanol–water partition coefficient (Wildman–Crippen LogP) is 2.07. The first kappa shape index (κ1) is 15.4. The molecule has 0 bridgehead atoms. The number of rotatable bonds is 7. The first-order valence-corrected chi connectivity index (χ1v) is 6.07. The van der Waals surface area contributed by atoms with Crippen LogP contribution in [-0.2, 0) is 4.79 Å². The van der Waals surface area contributed by atoms with E-state index in [0.717, 1.165) is 0 Å². The lowest BCUT2D eigenvalue weighted by Crippen LogP contribution is -2.35. The van der Waals surface area contributed by atoms with Crippen LogP contribution < -0.4 is 15.4 Å². The van der Waals surface area contributed by atoms with E-state index in [0.29, 0.717) is 12.1 Å². The van der Waals surface area contributed by atoms with Crippen molar-refractivity contribution in [3.63, 3.8) is 0 Å². The number of nitrogens with one attached hydrogen (secondary N) is 2. The van der Waals surface area contributed by atoms with Gasteiger partial charge in [-0.1, -0.05) is 19.1 Å². The maximum absolute atomic E-state index is 12.1. The van der Waals surface area contributed by atoms with E-state index in [-0.39, 0.29) is 24.2 Å². The Labute approximate surface area is 111 Å². The van der Waals surface area contributed by atoms with Crippen molar-refractivity contribution in [2.24, 2.45) is 0 Å². The van der Waals surface area contributed by atoms with Gasteiger partial charge < -0.3 is 15.4 Å². The monoisotopic (exact) mass is 272 g/mol. The molecule has 6 heteroatoms. The second kappa shape index (κ2) is 7.68. The highest BCUT2D eigenvalue weighted by Crippen LogP contribution is 2.20. The topological polar surface area (TPSA) is 50.4 Å². The number of likely N-dealkylation sites (N-methyl/N-ethyl adjacent to an activating group) is 1. The molecule has 4 nitrogen and oxygen atoms in total. The largest absolute Gasteiger partial charge is 0.435 e. The Kier molecular flexibility index (Phi) is 6.21. The minimum atomic E-state index is -2.85. The smallest absolute Gasteiger partial charge is 0.387 e. The number of halogens is 2. The number of ether oxygens (including phenoxy) is 1. The average Bonchev–Trinajstić information content (AvgIpc) is 2.35. The summed E-state index contributed by atoms with van der Waals surface area (Å²) in [6.07, 6.45) is 0. The van der Waals surface area contributed by atoms with Crippen LogP contribution in [0.5, 0.6) is 5.75 Å². The van der Waals surface area contributed by atoms with Crippen LogP contribution >= 0.6 is 0 Å². The molecule has 0 heterocycles. The molecule has 1 amide bonds. The van der Waals surface area contributed by atoms with Crippen LogP contribution in [0.15, 0.2) is 24.3 Å². The maximum atomic E-state index is 12.1. The molecular formula is C13H18F2N2O2. The Bertz CT molecular complexity index is 413. The number of hydrogen-bond acceptors (Lipinski definition) is 3.